The SMILES string of the molecule is CN(C(=O)C1CCCN(C(=O)CCOc2ccccc2)C1)C(C)(C)C(=O)O. The summed E-state index contributed by atoms with van der Waals surface area (Å²) in [4.78, 5) is 39.5. The van der Waals surface area contributed by atoms with Crippen molar-refractivity contribution in [1.29, 1.82) is 0 Å². The number of carboxylic acids is 1. The van der Waals surface area contributed by atoms with Crippen LogP contribution in [-0.2, 0) is 14.4 Å². The molecule has 148 valence electrons. The summed E-state index contributed by atoms with van der Waals surface area (Å²) in [7, 11) is 1.50. The van der Waals surface area contributed by atoms with Crippen LogP contribution in [0.2, 0.25) is 0 Å². The van der Waals surface area contributed by atoms with E-state index in [9.17, 15) is 19.5 Å². The number of hydrogen-bond acceptors (Lipinski definition) is 4. The molecule has 2 rings (SSSR count). The van der Waals surface area contributed by atoms with Gasteiger partial charge in [-0.3, -0.25) is 9.59 Å². The molecule has 1 N–H and O–H groups in total. The molecular weight excluding hydrogens is 348 g/mol. The van der Waals surface area contributed by atoms with Crippen molar-refractivity contribution >= 4 is 17.8 Å². The van der Waals surface area contributed by atoms with Gasteiger partial charge in [-0.1, -0.05) is 18.2 Å². The van der Waals surface area contributed by atoms with Gasteiger partial charge in [0.05, 0.1) is 18.9 Å². The van der Waals surface area contributed by atoms with E-state index in [4.69, 9.17) is 4.74 Å². The number of likely N-dealkylation sites (tertiary alicyclic amines) is 1. The van der Waals surface area contributed by atoms with Gasteiger partial charge in [0.1, 0.15) is 11.3 Å². The maximum absolute atomic E-state index is 12.7. The number of amides is 2. The smallest absolute Gasteiger partial charge is 0.329 e. The summed E-state index contributed by atoms with van der Waals surface area (Å²) in [6.45, 7) is 4.22. The molecule has 0 aromatic heterocycles. The monoisotopic (exact) mass is 376 g/mol. The summed E-state index contributed by atoms with van der Waals surface area (Å²) in [5.74, 6) is -1.000. The predicted octanol–water partition coefficient (Wildman–Crippen LogP) is 2.02. The largest absolute Gasteiger partial charge is 0.493 e. The Bertz CT molecular complexity index is 674. The van der Waals surface area contributed by atoms with Crippen LogP contribution in [0.4, 0.5) is 0 Å². The lowest BCUT2D eigenvalue weighted by Crippen LogP contribution is -2.55. The van der Waals surface area contributed by atoms with Crippen molar-refractivity contribution in [2.75, 3.05) is 26.7 Å². The molecule has 1 aromatic rings. The van der Waals surface area contributed by atoms with Crippen molar-refractivity contribution in [2.24, 2.45) is 5.92 Å². The van der Waals surface area contributed by atoms with Crippen molar-refractivity contribution in [3.63, 3.8) is 0 Å². The molecule has 1 fully saturated rings. The zero-order valence-corrected chi connectivity index (χ0v) is 16.2. The Morgan fingerprint density at radius 1 is 1.26 bits per heavy atom. The van der Waals surface area contributed by atoms with Crippen LogP contribution in [-0.4, -0.2) is 65.0 Å². The van der Waals surface area contributed by atoms with Gasteiger partial charge in [-0.15, -0.1) is 0 Å². The van der Waals surface area contributed by atoms with Crippen LogP contribution in [0.25, 0.3) is 0 Å². The number of benzene rings is 1. The van der Waals surface area contributed by atoms with Gasteiger partial charge < -0.3 is 19.6 Å². The number of carbonyl (C=O) groups excluding carboxylic acids is 2. The lowest BCUT2D eigenvalue weighted by Gasteiger charge is -2.38. The van der Waals surface area contributed by atoms with E-state index in [1.807, 2.05) is 30.3 Å². The summed E-state index contributed by atoms with van der Waals surface area (Å²) in [5.41, 5.74) is -1.28. The van der Waals surface area contributed by atoms with Gasteiger partial charge in [0.2, 0.25) is 11.8 Å². The second-order valence-corrected chi connectivity index (χ2v) is 7.35. The Morgan fingerprint density at radius 3 is 2.56 bits per heavy atom. The molecule has 1 aliphatic heterocycles. The lowest BCUT2D eigenvalue weighted by molar-refractivity contribution is -0.158. The van der Waals surface area contributed by atoms with Gasteiger partial charge in [-0.2, -0.15) is 0 Å². The molecule has 1 atom stereocenters. The average molecular weight is 376 g/mol. The van der Waals surface area contributed by atoms with Gasteiger partial charge in [0.25, 0.3) is 0 Å². The van der Waals surface area contributed by atoms with E-state index in [1.54, 1.807) is 4.90 Å². The van der Waals surface area contributed by atoms with Crippen molar-refractivity contribution in [2.45, 2.75) is 38.6 Å². The minimum atomic E-state index is -1.28. The maximum Gasteiger partial charge on any atom is 0.329 e. The zero-order valence-electron chi connectivity index (χ0n) is 16.2. The first kappa shape index (κ1) is 20.7. The van der Waals surface area contributed by atoms with Crippen molar-refractivity contribution < 1.29 is 24.2 Å². The fraction of sp³-hybridized carbons (Fsp3) is 0.550. The number of piperidine rings is 1. The third-order valence-corrected chi connectivity index (χ3v) is 5.14. The highest BCUT2D eigenvalue weighted by molar-refractivity contribution is 5.88. The topological polar surface area (TPSA) is 87.2 Å². The standard InChI is InChI=1S/C20H28N2O5/c1-20(2,19(25)26)21(3)18(24)15-8-7-12-22(14-15)17(23)11-13-27-16-9-5-4-6-10-16/h4-6,9-10,15H,7-8,11-14H2,1-3H3,(H,25,26). The minimum absolute atomic E-state index is 0.0522. The summed E-state index contributed by atoms with van der Waals surface area (Å²) in [6, 6.07) is 9.30. The van der Waals surface area contributed by atoms with E-state index in [0.29, 0.717) is 19.5 Å². The molecule has 27 heavy (non-hydrogen) atoms. The van der Waals surface area contributed by atoms with Crippen molar-refractivity contribution in [1.82, 2.24) is 9.80 Å². The number of carbonyl (C=O) groups is 3. The first-order valence-corrected chi connectivity index (χ1v) is 9.20. The molecule has 1 aliphatic rings. The van der Waals surface area contributed by atoms with Crippen LogP contribution >= 0.6 is 0 Å². The molecule has 1 heterocycles. The molecule has 1 saturated heterocycles. The quantitative estimate of drug-likeness (QED) is 0.787. The average Bonchev–Trinajstić information content (AvgIpc) is 2.67. The zero-order chi connectivity index (χ0) is 20.0. The Balaban J connectivity index is 1.88. The van der Waals surface area contributed by atoms with E-state index in [0.717, 1.165) is 12.2 Å². The number of ether oxygens (including phenoxy) is 1. The lowest BCUT2D eigenvalue weighted by atomic mass is 9.93. The Morgan fingerprint density at radius 2 is 1.93 bits per heavy atom. The van der Waals surface area contributed by atoms with E-state index in [1.165, 1.54) is 25.8 Å². The summed E-state index contributed by atoms with van der Waals surface area (Å²) >= 11 is 0. The molecule has 0 radical (unpaired) electrons. The Labute approximate surface area is 159 Å². The molecule has 7 nitrogen and oxygen atoms in total. The van der Waals surface area contributed by atoms with Crippen LogP contribution in [0, 0.1) is 5.92 Å². The number of likely N-dealkylation sites (N-methyl/N-ethyl adjacent to an activating group) is 1. The number of para-hydroxylation sites is 1. The van der Waals surface area contributed by atoms with Crippen molar-refractivity contribution in [3.05, 3.63) is 30.3 Å². The van der Waals surface area contributed by atoms with Gasteiger partial charge >= 0.3 is 5.97 Å². The van der Waals surface area contributed by atoms with Crippen LogP contribution in [0.1, 0.15) is 33.1 Å². The molecule has 1 unspecified atom stereocenters. The summed E-state index contributed by atoms with van der Waals surface area (Å²) in [5, 5.41) is 9.32. The van der Waals surface area contributed by atoms with E-state index >= 15 is 0 Å². The summed E-state index contributed by atoms with van der Waals surface area (Å²) in [6.07, 6.45) is 1.62. The van der Waals surface area contributed by atoms with Gasteiger partial charge in [0, 0.05) is 20.1 Å². The van der Waals surface area contributed by atoms with Crippen molar-refractivity contribution in [3.8, 4) is 5.75 Å². The highest BCUT2D eigenvalue weighted by atomic mass is 16.5. The van der Waals surface area contributed by atoms with Crippen LogP contribution in [0.15, 0.2) is 30.3 Å². The molecule has 0 aliphatic carbocycles. The van der Waals surface area contributed by atoms with E-state index in [-0.39, 0.29) is 30.8 Å². The normalized spacial score (nSPS) is 17.3. The highest BCUT2D eigenvalue weighted by Gasteiger charge is 2.39. The third-order valence-electron chi connectivity index (χ3n) is 5.14. The fourth-order valence-electron chi connectivity index (χ4n) is 3.03. The molecule has 0 spiro atoms. The molecule has 7 heteroatoms. The second kappa shape index (κ2) is 8.88. The molecule has 0 bridgehead atoms. The molecule has 0 saturated carbocycles. The molecule has 1 aromatic carbocycles. The van der Waals surface area contributed by atoms with Gasteiger partial charge in [0.15, 0.2) is 0 Å². The van der Waals surface area contributed by atoms with Crippen LogP contribution in [0.3, 0.4) is 0 Å². The first-order chi connectivity index (χ1) is 12.7. The Kier molecular flexibility index (Phi) is 6.82. The Hall–Kier alpha value is -2.57. The second-order valence-electron chi connectivity index (χ2n) is 7.35. The maximum atomic E-state index is 12.7. The van der Waals surface area contributed by atoms with E-state index in [2.05, 4.69) is 0 Å². The molecular formula is C20H28N2O5. The van der Waals surface area contributed by atoms with E-state index < -0.39 is 11.5 Å². The van der Waals surface area contributed by atoms with Gasteiger partial charge in [-0.25, -0.2) is 4.79 Å². The predicted molar refractivity (Wildman–Crippen MR) is 100 cm³/mol. The summed E-state index contributed by atoms with van der Waals surface area (Å²) < 4.78 is 5.56. The fourth-order valence-corrected chi connectivity index (χ4v) is 3.03. The number of rotatable bonds is 7. The minimum Gasteiger partial charge on any atom is -0.493 e. The number of hydrogen-bond donors (Lipinski definition) is 1. The number of carboxylic acid groups (broad SMARTS) is 1. The van der Waals surface area contributed by atoms with Gasteiger partial charge in [-0.05, 0) is 38.8 Å². The highest BCUT2D eigenvalue weighted by Crippen LogP contribution is 2.23. The number of aliphatic carboxylic acids is 1. The first-order valence-electron chi connectivity index (χ1n) is 9.20. The third kappa shape index (κ3) is 5.21. The number of nitrogens with zero attached hydrogens (tertiary/aromatic N) is 2. The molecule has 2 amide bonds. The van der Waals surface area contributed by atoms with Crippen LogP contribution in [0.5, 0.6) is 5.75 Å². The van der Waals surface area contributed by atoms with Crippen LogP contribution < -0.4 is 4.74 Å².